The molecule has 17 heavy (non-hydrogen) atoms. The number of hydrogen-bond donors (Lipinski definition) is 1. The highest BCUT2D eigenvalue weighted by Crippen LogP contribution is 2.07. The van der Waals surface area contributed by atoms with E-state index in [1.54, 1.807) is 12.1 Å². The van der Waals surface area contributed by atoms with E-state index in [4.69, 9.17) is 4.74 Å². The zero-order chi connectivity index (χ0) is 12.1. The minimum atomic E-state index is -0.297. The Labute approximate surface area is 100.0 Å². The lowest BCUT2D eigenvalue weighted by molar-refractivity contribution is -0.119. The largest absolute Gasteiger partial charge is 0.379 e. The van der Waals surface area contributed by atoms with Gasteiger partial charge in [0.1, 0.15) is 11.6 Å². The number of rotatable bonds is 4. The molecule has 1 heterocycles. The standard InChI is InChI=1S/C13H16FNO2/c14-11-3-1-2-10(6-11)7-13(16)8-12-9-17-5-4-15-12/h1-3,6,12,15H,4-5,7-9H2. The molecule has 1 aliphatic rings. The van der Waals surface area contributed by atoms with Crippen LogP contribution in [0.1, 0.15) is 12.0 Å². The highest BCUT2D eigenvalue weighted by molar-refractivity contribution is 5.81. The number of ketones is 1. The molecule has 0 saturated carbocycles. The van der Waals surface area contributed by atoms with E-state index in [0.717, 1.165) is 12.1 Å². The van der Waals surface area contributed by atoms with Crippen LogP contribution in [0.2, 0.25) is 0 Å². The number of ether oxygens (including phenoxy) is 1. The smallest absolute Gasteiger partial charge is 0.138 e. The first kappa shape index (κ1) is 12.2. The van der Waals surface area contributed by atoms with Gasteiger partial charge in [0.2, 0.25) is 0 Å². The summed E-state index contributed by atoms with van der Waals surface area (Å²) < 4.78 is 18.2. The summed E-state index contributed by atoms with van der Waals surface area (Å²) in [6.07, 6.45) is 0.729. The molecule has 2 rings (SSSR count). The Morgan fingerprint density at radius 2 is 2.41 bits per heavy atom. The number of nitrogens with one attached hydrogen (secondary N) is 1. The minimum absolute atomic E-state index is 0.102. The van der Waals surface area contributed by atoms with Crippen molar-refractivity contribution in [2.45, 2.75) is 18.9 Å². The van der Waals surface area contributed by atoms with Gasteiger partial charge in [0.25, 0.3) is 0 Å². The summed E-state index contributed by atoms with van der Waals surface area (Å²) in [6, 6.07) is 6.28. The monoisotopic (exact) mass is 237 g/mol. The summed E-state index contributed by atoms with van der Waals surface area (Å²) in [5.74, 6) is -0.187. The number of morpholine rings is 1. The van der Waals surface area contributed by atoms with Crippen LogP contribution in [0, 0.1) is 5.82 Å². The maximum atomic E-state index is 12.9. The fourth-order valence-electron chi connectivity index (χ4n) is 1.97. The first-order valence-corrected chi connectivity index (χ1v) is 5.81. The van der Waals surface area contributed by atoms with E-state index in [0.29, 0.717) is 19.6 Å². The van der Waals surface area contributed by atoms with E-state index in [1.807, 2.05) is 0 Å². The summed E-state index contributed by atoms with van der Waals surface area (Å²) in [5.41, 5.74) is 0.728. The molecule has 1 aromatic carbocycles. The van der Waals surface area contributed by atoms with Gasteiger partial charge >= 0.3 is 0 Å². The average molecular weight is 237 g/mol. The van der Waals surface area contributed by atoms with Gasteiger partial charge in [-0.25, -0.2) is 4.39 Å². The SMILES string of the molecule is O=C(Cc1cccc(F)c1)CC1COCCN1. The summed E-state index contributed by atoms with van der Waals surface area (Å²) in [5, 5.41) is 3.23. The fraction of sp³-hybridized carbons (Fsp3) is 0.462. The van der Waals surface area contributed by atoms with Crippen LogP contribution in [-0.2, 0) is 16.0 Å². The van der Waals surface area contributed by atoms with Crippen molar-refractivity contribution in [2.24, 2.45) is 0 Å². The van der Waals surface area contributed by atoms with Crippen molar-refractivity contribution < 1.29 is 13.9 Å². The molecule has 4 heteroatoms. The molecule has 0 amide bonds. The van der Waals surface area contributed by atoms with Crippen molar-refractivity contribution in [1.82, 2.24) is 5.32 Å². The molecule has 1 fully saturated rings. The van der Waals surface area contributed by atoms with Crippen LogP contribution in [0.5, 0.6) is 0 Å². The van der Waals surface area contributed by atoms with Crippen LogP contribution in [0.15, 0.2) is 24.3 Å². The molecule has 0 aromatic heterocycles. The summed E-state index contributed by atoms with van der Waals surface area (Å²) in [7, 11) is 0. The number of carbonyl (C=O) groups is 1. The highest BCUT2D eigenvalue weighted by atomic mass is 19.1. The number of Topliss-reactive ketones (excluding diaryl/α,β-unsaturated/α-hetero) is 1. The zero-order valence-corrected chi connectivity index (χ0v) is 9.62. The lowest BCUT2D eigenvalue weighted by atomic mass is 10.0. The van der Waals surface area contributed by atoms with Gasteiger partial charge in [-0.05, 0) is 17.7 Å². The Bertz CT molecular complexity index is 389. The summed E-state index contributed by atoms with van der Waals surface area (Å²) in [4.78, 5) is 11.8. The van der Waals surface area contributed by atoms with Crippen LogP contribution in [0.3, 0.4) is 0 Å². The maximum absolute atomic E-state index is 12.9. The third-order valence-corrected chi connectivity index (χ3v) is 2.76. The quantitative estimate of drug-likeness (QED) is 0.858. The molecule has 1 aromatic rings. The van der Waals surface area contributed by atoms with Gasteiger partial charge in [-0.3, -0.25) is 4.79 Å². The van der Waals surface area contributed by atoms with E-state index < -0.39 is 0 Å². The minimum Gasteiger partial charge on any atom is -0.379 e. The third-order valence-electron chi connectivity index (χ3n) is 2.76. The van der Waals surface area contributed by atoms with Crippen LogP contribution >= 0.6 is 0 Å². The molecule has 0 spiro atoms. The van der Waals surface area contributed by atoms with Crippen molar-refractivity contribution in [3.63, 3.8) is 0 Å². The summed E-state index contributed by atoms with van der Waals surface area (Å²) in [6.45, 7) is 2.07. The van der Waals surface area contributed by atoms with Crippen molar-refractivity contribution in [3.05, 3.63) is 35.6 Å². The lowest BCUT2D eigenvalue weighted by Gasteiger charge is -2.23. The van der Waals surface area contributed by atoms with Gasteiger partial charge < -0.3 is 10.1 Å². The van der Waals surface area contributed by atoms with Crippen LogP contribution in [-0.4, -0.2) is 31.6 Å². The molecule has 0 aliphatic carbocycles. The predicted octanol–water partition coefficient (Wildman–Crippen LogP) is 1.32. The molecular weight excluding hydrogens is 221 g/mol. The molecule has 1 saturated heterocycles. The van der Waals surface area contributed by atoms with Crippen molar-refractivity contribution in [2.75, 3.05) is 19.8 Å². The molecule has 1 unspecified atom stereocenters. The van der Waals surface area contributed by atoms with Gasteiger partial charge in [0, 0.05) is 25.4 Å². The Balaban J connectivity index is 1.84. The number of benzene rings is 1. The molecule has 0 bridgehead atoms. The van der Waals surface area contributed by atoms with E-state index in [9.17, 15) is 9.18 Å². The molecule has 3 nitrogen and oxygen atoms in total. The molecule has 1 N–H and O–H groups in total. The fourth-order valence-corrected chi connectivity index (χ4v) is 1.97. The first-order valence-electron chi connectivity index (χ1n) is 5.81. The third kappa shape index (κ3) is 3.91. The van der Waals surface area contributed by atoms with E-state index >= 15 is 0 Å². The summed E-state index contributed by atoms with van der Waals surface area (Å²) >= 11 is 0. The topological polar surface area (TPSA) is 38.3 Å². The molecule has 1 atom stereocenters. The van der Waals surface area contributed by atoms with Gasteiger partial charge in [-0.1, -0.05) is 12.1 Å². The second-order valence-electron chi connectivity index (χ2n) is 4.28. The van der Waals surface area contributed by atoms with E-state index in [2.05, 4.69) is 5.32 Å². The van der Waals surface area contributed by atoms with Crippen LogP contribution in [0.25, 0.3) is 0 Å². The van der Waals surface area contributed by atoms with E-state index in [1.165, 1.54) is 12.1 Å². The lowest BCUT2D eigenvalue weighted by Crippen LogP contribution is -2.42. The average Bonchev–Trinajstić information content (AvgIpc) is 2.30. The van der Waals surface area contributed by atoms with Gasteiger partial charge in [-0.2, -0.15) is 0 Å². The number of hydrogen-bond acceptors (Lipinski definition) is 3. The second kappa shape index (κ2) is 5.89. The Morgan fingerprint density at radius 3 is 3.12 bits per heavy atom. The van der Waals surface area contributed by atoms with Crippen LogP contribution < -0.4 is 5.32 Å². The van der Waals surface area contributed by atoms with Gasteiger partial charge in [0.05, 0.1) is 13.2 Å². The second-order valence-corrected chi connectivity index (χ2v) is 4.28. The number of carbonyl (C=O) groups excluding carboxylic acids is 1. The molecule has 0 radical (unpaired) electrons. The molecular formula is C13H16FNO2. The van der Waals surface area contributed by atoms with Crippen molar-refractivity contribution in [1.29, 1.82) is 0 Å². The van der Waals surface area contributed by atoms with Gasteiger partial charge in [-0.15, -0.1) is 0 Å². The Morgan fingerprint density at radius 1 is 1.53 bits per heavy atom. The highest BCUT2D eigenvalue weighted by Gasteiger charge is 2.16. The van der Waals surface area contributed by atoms with Gasteiger partial charge in [0.15, 0.2) is 0 Å². The molecule has 92 valence electrons. The first-order chi connectivity index (χ1) is 8.24. The van der Waals surface area contributed by atoms with Crippen molar-refractivity contribution in [3.8, 4) is 0 Å². The normalized spacial score (nSPS) is 20.2. The van der Waals surface area contributed by atoms with Crippen LogP contribution in [0.4, 0.5) is 4.39 Å². The number of halogens is 1. The predicted molar refractivity (Wildman–Crippen MR) is 62.3 cm³/mol. The maximum Gasteiger partial charge on any atom is 0.138 e. The van der Waals surface area contributed by atoms with Crippen molar-refractivity contribution >= 4 is 5.78 Å². The Kier molecular flexibility index (Phi) is 4.23. The Hall–Kier alpha value is -1.26. The van der Waals surface area contributed by atoms with E-state index in [-0.39, 0.29) is 24.1 Å². The zero-order valence-electron chi connectivity index (χ0n) is 9.62. The molecule has 1 aliphatic heterocycles.